The summed E-state index contributed by atoms with van der Waals surface area (Å²) in [5.41, 5.74) is 2.17. The predicted molar refractivity (Wildman–Crippen MR) is 54.4 cm³/mol. The molecule has 0 bridgehead atoms. The lowest BCUT2D eigenvalue weighted by molar-refractivity contribution is 0.417. The van der Waals surface area contributed by atoms with Crippen LogP contribution in [0, 0.1) is 0 Å². The summed E-state index contributed by atoms with van der Waals surface area (Å²) in [4.78, 5) is 0. The van der Waals surface area contributed by atoms with Gasteiger partial charge in [-0.1, -0.05) is 15.9 Å². The lowest BCUT2D eigenvalue weighted by atomic mass is 10.3. The lowest BCUT2D eigenvalue weighted by Gasteiger charge is -2.02. The van der Waals surface area contributed by atoms with Crippen LogP contribution in [0.4, 0.5) is 0 Å². The molecule has 0 aliphatic heterocycles. The second kappa shape index (κ2) is 3.38. The number of hydrogen-bond donors (Lipinski definition) is 0. The first-order valence-electron chi connectivity index (χ1n) is 3.92. The Morgan fingerprint density at radius 3 is 3.15 bits per heavy atom. The molecule has 0 saturated heterocycles. The van der Waals surface area contributed by atoms with Crippen molar-refractivity contribution >= 4 is 21.4 Å². The molecule has 0 aromatic carbocycles. The van der Waals surface area contributed by atoms with Gasteiger partial charge in [-0.25, -0.2) is 4.52 Å². The first-order valence-corrected chi connectivity index (χ1v) is 5.04. The highest BCUT2D eigenvalue weighted by molar-refractivity contribution is 9.08. The molecule has 2 heterocycles. The first kappa shape index (κ1) is 8.56. The third kappa shape index (κ3) is 1.31. The van der Waals surface area contributed by atoms with Crippen molar-refractivity contribution in [2.45, 2.75) is 5.33 Å². The van der Waals surface area contributed by atoms with Crippen molar-refractivity contribution in [2.75, 3.05) is 7.11 Å². The first-order chi connectivity index (χ1) is 6.36. The molecule has 2 aromatic heterocycles. The zero-order chi connectivity index (χ0) is 9.26. The number of halogens is 1. The number of fused-ring (bicyclic) bond motifs is 1. The Balaban J connectivity index is 2.76. The van der Waals surface area contributed by atoms with E-state index in [1.54, 1.807) is 7.11 Å². The van der Waals surface area contributed by atoms with Crippen molar-refractivity contribution in [1.82, 2.24) is 9.61 Å². The molecule has 0 spiro atoms. The highest BCUT2D eigenvalue weighted by Crippen LogP contribution is 2.23. The average Bonchev–Trinajstić information content (AvgIpc) is 2.60. The summed E-state index contributed by atoms with van der Waals surface area (Å²) < 4.78 is 7.06. The second-order valence-corrected chi connectivity index (χ2v) is 3.23. The normalized spacial score (nSPS) is 10.6. The molecule has 0 saturated carbocycles. The van der Waals surface area contributed by atoms with Crippen molar-refractivity contribution < 1.29 is 4.74 Å². The molecule has 0 fully saturated rings. The molecule has 2 rings (SSSR count). The van der Waals surface area contributed by atoms with Crippen molar-refractivity contribution in [2.24, 2.45) is 0 Å². The Morgan fingerprint density at radius 2 is 2.46 bits per heavy atom. The standard InChI is InChI=1S/C9H9BrN2O/c1-13-8-3-2-4-12-9(8)7(5-10)6-11-12/h2-4,6H,5H2,1H3. The van der Waals surface area contributed by atoms with E-state index in [1.807, 2.05) is 29.0 Å². The van der Waals surface area contributed by atoms with Crippen LogP contribution in [-0.4, -0.2) is 16.7 Å². The summed E-state index contributed by atoms with van der Waals surface area (Å²) in [5.74, 6) is 0.856. The van der Waals surface area contributed by atoms with Crippen LogP contribution < -0.4 is 4.74 Å². The minimum absolute atomic E-state index is 0.789. The smallest absolute Gasteiger partial charge is 0.144 e. The third-order valence-corrected chi connectivity index (χ3v) is 2.55. The van der Waals surface area contributed by atoms with E-state index in [0.717, 1.165) is 22.2 Å². The van der Waals surface area contributed by atoms with Gasteiger partial charge in [-0.15, -0.1) is 0 Å². The largest absolute Gasteiger partial charge is 0.494 e. The summed E-state index contributed by atoms with van der Waals surface area (Å²) in [7, 11) is 1.67. The van der Waals surface area contributed by atoms with E-state index in [9.17, 15) is 0 Å². The van der Waals surface area contributed by atoms with E-state index in [4.69, 9.17) is 4.74 Å². The SMILES string of the molecule is COc1cccn2ncc(CBr)c12. The van der Waals surface area contributed by atoms with Crippen molar-refractivity contribution in [3.63, 3.8) is 0 Å². The number of hydrogen-bond acceptors (Lipinski definition) is 2. The summed E-state index contributed by atoms with van der Waals surface area (Å²) in [6, 6.07) is 3.85. The van der Waals surface area contributed by atoms with Gasteiger partial charge in [0.05, 0.1) is 13.3 Å². The van der Waals surface area contributed by atoms with Gasteiger partial charge < -0.3 is 4.74 Å². The Morgan fingerprint density at radius 1 is 1.62 bits per heavy atom. The van der Waals surface area contributed by atoms with E-state index >= 15 is 0 Å². The van der Waals surface area contributed by atoms with Gasteiger partial charge >= 0.3 is 0 Å². The number of ether oxygens (including phenoxy) is 1. The predicted octanol–water partition coefficient (Wildman–Crippen LogP) is 2.24. The molecule has 13 heavy (non-hydrogen) atoms. The second-order valence-electron chi connectivity index (χ2n) is 2.67. The molecule has 68 valence electrons. The fraction of sp³-hybridized carbons (Fsp3) is 0.222. The van der Waals surface area contributed by atoms with Gasteiger partial charge in [0, 0.05) is 17.1 Å². The Kier molecular flexibility index (Phi) is 2.22. The molecular formula is C9H9BrN2O. The van der Waals surface area contributed by atoms with E-state index in [-0.39, 0.29) is 0 Å². The van der Waals surface area contributed by atoms with Gasteiger partial charge in [-0.05, 0) is 12.1 Å². The minimum Gasteiger partial charge on any atom is -0.494 e. The molecule has 0 aliphatic rings. The Bertz CT molecular complexity index is 424. The molecule has 0 amide bonds. The third-order valence-electron chi connectivity index (χ3n) is 1.94. The van der Waals surface area contributed by atoms with Gasteiger partial charge in [0.1, 0.15) is 11.3 Å². The number of methoxy groups -OCH3 is 1. The van der Waals surface area contributed by atoms with Crippen LogP contribution >= 0.6 is 15.9 Å². The molecule has 0 unspecified atom stereocenters. The van der Waals surface area contributed by atoms with Gasteiger partial charge in [0.2, 0.25) is 0 Å². The molecule has 3 nitrogen and oxygen atoms in total. The monoisotopic (exact) mass is 240 g/mol. The summed E-state index contributed by atoms with van der Waals surface area (Å²) in [6.45, 7) is 0. The van der Waals surface area contributed by atoms with Gasteiger partial charge in [0.15, 0.2) is 0 Å². The fourth-order valence-electron chi connectivity index (χ4n) is 1.34. The van der Waals surface area contributed by atoms with Crippen LogP contribution in [0.3, 0.4) is 0 Å². The van der Waals surface area contributed by atoms with Crippen LogP contribution in [0.2, 0.25) is 0 Å². The minimum atomic E-state index is 0.789. The summed E-state index contributed by atoms with van der Waals surface area (Å²) in [5, 5.41) is 4.99. The highest BCUT2D eigenvalue weighted by atomic mass is 79.9. The molecule has 0 atom stereocenters. The highest BCUT2D eigenvalue weighted by Gasteiger charge is 2.07. The molecule has 2 aromatic rings. The molecule has 4 heteroatoms. The number of aromatic nitrogens is 2. The van der Waals surface area contributed by atoms with Crippen molar-refractivity contribution in [1.29, 1.82) is 0 Å². The summed E-state index contributed by atoms with van der Waals surface area (Å²) >= 11 is 3.41. The van der Waals surface area contributed by atoms with Crippen LogP contribution in [0.25, 0.3) is 5.52 Å². The van der Waals surface area contributed by atoms with Crippen LogP contribution in [0.5, 0.6) is 5.75 Å². The van der Waals surface area contributed by atoms with Crippen molar-refractivity contribution in [3.8, 4) is 5.75 Å². The number of rotatable bonds is 2. The molecule has 0 aliphatic carbocycles. The molecule has 0 N–H and O–H groups in total. The van der Waals surface area contributed by atoms with E-state index in [1.165, 1.54) is 0 Å². The molecular weight excluding hydrogens is 232 g/mol. The number of nitrogens with zero attached hydrogens (tertiary/aromatic N) is 2. The van der Waals surface area contributed by atoms with Gasteiger partial charge in [-0.2, -0.15) is 5.10 Å². The number of alkyl halides is 1. The van der Waals surface area contributed by atoms with E-state index in [2.05, 4.69) is 21.0 Å². The number of pyridine rings is 1. The van der Waals surface area contributed by atoms with Crippen LogP contribution in [0.15, 0.2) is 24.5 Å². The zero-order valence-electron chi connectivity index (χ0n) is 7.20. The maximum Gasteiger partial charge on any atom is 0.144 e. The molecule has 0 radical (unpaired) electrons. The van der Waals surface area contributed by atoms with Gasteiger partial charge in [-0.3, -0.25) is 0 Å². The van der Waals surface area contributed by atoms with Crippen LogP contribution in [0.1, 0.15) is 5.56 Å². The fourth-order valence-corrected chi connectivity index (χ4v) is 1.75. The van der Waals surface area contributed by atoms with Crippen molar-refractivity contribution in [3.05, 3.63) is 30.1 Å². The average molecular weight is 241 g/mol. The quantitative estimate of drug-likeness (QED) is 0.753. The maximum absolute atomic E-state index is 5.25. The van der Waals surface area contributed by atoms with E-state index < -0.39 is 0 Å². The topological polar surface area (TPSA) is 26.5 Å². The zero-order valence-corrected chi connectivity index (χ0v) is 8.78. The van der Waals surface area contributed by atoms with E-state index in [0.29, 0.717) is 0 Å². The Labute approximate surface area is 84.4 Å². The lowest BCUT2D eigenvalue weighted by Crippen LogP contribution is -1.91. The maximum atomic E-state index is 5.25. The summed E-state index contributed by atoms with van der Waals surface area (Å²) in [6.07, 6.45) is 3.75. The van der Waals surface area contributed by atoms with Gasteiger partial charge in [0.25, 0.3) is 0 Å². The Hall–Kier alpha value is -1.03. The van der Waals surface area contributed by atoms with Crippen LogP contribution in [-0.2, 0) is 5.33 Å².